The second-order valence-corrected chi connectivity index (χ2v) is 7.25. The molecule has 1 unspecified atom stereocenters. The highest BCUT2D eigenvalue weighted by Gasteiger charge is 2.20. The van der Waals surface area contributed by atoms with E-state index in [0.29, 0.717) is 12.1 Å². The maximum atomic E-state index is 6.25. The van der Waals surface area contributed by atoms with Crippen molar-refractivity contribution in [3.8, 4) is 0 Å². The van der Waals surface area contributed by atoms with Crippen molar-refractivity contribution < 1.29 is 0 Å². The smallest absolute Gasteiger partial charge is 0.164 e. The fourth-order valence-electron chi connectivity index (χ4n) is 3.49. The molecule has 0 amide bonds. The fraction of sp³-hybridized carbons (Fsp3) is 0.444. The molecule has 1 saturated carbocycles. The van der Waals surface area contributed by atoms with Gasteiger partial charge in [-0.3, -0.25) is 0 Å². The van der Waals surface area contributed by atoms with Crippen molar-refractivity contribution in [1.82, 2.24) is 14.6 Å². The third kappa shape index (κ3) is 3.19. The van der Waals surface area contributed by atoms with Crippen molar-refractivity contribution in [3.05, 3.63) is 42.3 Å². The topological polar surface area (TPSA) is 68.2 Å². The van der Waals surface area contributed by atoms with Crippen molar-refractivity contribution >= 4 is 28.6 Å². The zero-order chi connectivity index (χ0) is 16.5. The van der Waals surface area contributed by atoms with E-state index in [1.807, 2.05) is 35.1 Å². The van der Waals surface area contributed by atoms with Crippen molar-refractivity contribution in [3.63, 3.8) is 0 Å². The van der Waals surface area contributed by atoms with Crippen LogP contribution in [0.25, 0.3) is 11.2 Å². The summed E-state index contributed by atoms with van der Waals surface area (Å²) in [6, 6.07) is 2.79. The van der Waals surface area contributed by atoms with E-state index in [1.165, 1.54) is 5.57 Å². The summed E-state index contributed by atoms with van der Waals surface area (Å²) in [5, 5.41) is 8.01. The molecule has 2 aromatic rings. The molecule has 0 spiro atoms. The second-order valence-electron chi connectivity index (χ2n) is 6.69. The third-order valence-corrected chi connectivity index (χ3v) is 5.17. The zero-order valence-electron chi connectivity index (χ0n) is 13.5. The molecule has 0 bridgehead atoms. The summed E-state index contributed by atoms with van der Waals surface area (Å²) in [7, 11) is 0. The summed E-state index contributed by atoms with van der Waals surface area (Å²) >= 11 is 6.25. The van der Waals surface area contributed by atoms with Crippen LogP contribution in [0.1, 0.15) is 37.7 Å². The Balaban J connectivity index is 1.59. The Hall–Kier alpha value is -1.85. The number of anilines is 1. The number of hydrogen-bond donors (Lipinski definition) is 2. The summed E-state index contributed by atoms with van der Waals surface area (Å²) in [4.78, 5) is 4.80. The predicted molar refractivity (Wildman–Crippen MR) is 98.2 cm³/mol. The zero-order valence-corrected chi connectivity index (χ0v) is 14.3. The molecule has 24 heavy (non-hydrogen) atoms. The molecular weight excluding hydrogens is 322 g/mol. The minimum absolute atomic E-state index is 0.0349. The highest BCUT2D eigenvalue weighted by Crippen LogP contribution is 2.29. The van der Waals surface area contributed by atoms with Gasteiger partial charge in [0.05, 0.1) is 11.6 Å². The Morgan fingerprint density at radius 2 is 2.08 bits per heavy atom. The third-order valence-electron chi connectivity index (χ3n) is 4.87. The van der Waals surface area contributed by atoms with E-state index in [0.717, 1.165) is 49.1 Å². The van der Waals surface area contributed by atoms with Crippen LogP contribution in [-0.2, 0) is 0 Å². The number of nitrogens with one attached hydrogen (secondary N) is 1. The Kier molecular flexibility index (Phi) is 4.29. The van der Waals surface area contributed by atoms with Crippen LogP contribution in [0, 0.1) is 0 Å². The molecule has 3 N–H and O–H groups in total. The first-order valence-electron chi connectivity index (χ1n) is 8.57. The molecule has 0 radical (unpaired) electrons. The number of alkyl halides is 1. The number of nitrogens with two attached hydrogens (primary N) is 1. The number of nitrogens with zero attached hydrogens (tertiary/aromatic N) is 3. The maximum Gasteiger partial charge on any atom is 0.164 e. The molecule has 2 aliphatic carbocycles. The van der Waals surface area contributed by atoms with Crippen LogP contribution < -0.4 is 11.1 Å². The average molecular weight is 344 g/mol. The van der Waals surface area contributed by atoms with Crippen molar-refractivity contribution in [2.45, 2.75) is 49.6 Å². The molecule has 0 saturated heterocycles. The van der Waals surface area contributed by atoms with Crippen LogP contribution in [0.4, 0.5) is 5.82 Å². The summed E-state index contributed by atoms with van der Waals surface area (Å²) in [6.45, 7) is 0. The summed E-state index contributed by atoms with van der Waals surface area (Å²) in [6.07, 6.45) is 15.1. The minimum Gasteiger partial charge on any atom is -0.367 e. The van der Waals surface area contributed by atoms with Gasteiger partial charge in [0, 0.05) is 23.8 Å². The first-order chi connectivity index (χ1) is 11.7. The number of hydrogen-bond acceptors (Lipinski definition) is 4. The minimum atomic E-state index is 0.0349. The monoisotopic (exact) mass is 343 g/mol. The van der Waals surface area contributed by atoms with E-state index in [1.54, 1.807) is 0 Å². The lowest BCUT2D eigenvalue weighted by Gasteiger charge is -2.27. The Morgan fingerprint density at radius 1 is 1.25 bits per heavy atom. The SMILES string of the molecule is N[C@H]1CC[C@H](Nc2ccn3ncc(C4=CC=CC(Cl)C4)c3n2)CC1. The first-order valence-corrected chi connectivity index (χ1v) is 9.01. The molecule has 0 aromatic carbocycles. The molecular formula is C18H22ClN5. The van der Waals surface area contributed by atoms with E-state index < -0.39 is 0 Å². The normalized spacial score (nSPS) is 27.2. The Bertz CT molecular complexity index is 786. The summed E-state index contributed by atoms with van der Waals surface area (Å²) < 4.78 is 1.82. The molecule has 2 aromatic heterocycles. The molecule has 5 nitrogen and oxygen atoms in total. The average Bonchev–Trinajstić information content (AvgIpc) is 3.00. The molecule has 6 heteroatoms. The number of aromatic nitrogens is 3. The first kappa shape index (κ1) is 15.7. The highest BCUT2D eigenvalue weighted by atomic mass is 35.5. The van der Waals surface area contributed by atoms with Crippen LogP contribution in [0.5, 0.6) is 0 Å². The van der Waals surface area contributed by atoms with Crippen molar-refractivity contribution in [2.75, 3.05) is 5.32 Å². The van der Waals surface area contributed by atoms with E-state index in [9.17, 15) is 0 Å². The highest BCUT2D eigenvalue weighted by molar-refractivity contribution is 6.22. The summed E-state index contributed by atoms with van der Waals surface area (Å²) in [5.74, 6) is 0.902. The predicted octanol–water partition coefficient (Wildman–Crippen LogP) is 3.36. The van der Waals surface area contributed by atoms with E-state index >= 15 is 0 Å². The van der Waals surface area contributed by atoms with E-state index in [2.05, 4.69) is 16.5 Å². The van der Waals surface area contributed by atoms with Gasteiger partial charge in [0.2, 0.25) is 0 Å². The lowest BCUT2D eigenvalue weighted by atomic mass is 9.92. The van der Waals surface area contributed by atoms with Crippen LogP contribution in [0.2, 0.25) is 0 Å². The van der Waals surface area contributed by atoms with Crippen LogP contribution in [-0.4, -0.2) is 32.1 Å². The summed E-state index contributed by atoms with van der Waals surface area (Å²) in [5.41, 5.74) is 9.10. The molecule has 1 fully saturated rings. The van der Waals surface area contributed by atoms with Crippen molar-refractivity contribution in [2.24, 2.45) is 5.73 Å². The largest absolute Gasteiger partial charge is 0.367 e. The van der Waals surface area contributed by atoms with Gasteiger partial charge in [-0.05, 0) is 43.7 Å². The molecule has 1 atom stereocenters. The molecule has 2 aliphatic rings. The van der Waals surface area contributed by atoms with E-state index in [4.69, 9.17) is 22.3 Å². The molecule has 126 valence electrons. The standard InChI is InChI=1S/C18H22ClN5/c19-13-3-1-2-12(10-13)16-11-21-24-9-8-17(23-18(16)24)22-15-6-4-14(20)5-7-15/h1-3,8-9,11,13-15H,4-7,10,20H2,(H,22,23)/t13?,14-,15-. The van der Waals surface area contributed by atoms with Gasteiger partial charge in [-0.1, -0.05) is 18.2 Å². The van der Waals surface area contributed by atoms with Crippen LogP contribution in [0.15, 0.2) is 36.7 Å². The van der Waals surface area contributed by atoms with Crippen LogP contribution >= 0.6 is 11.6 Å². The van der Waals surface area contributed by atoms with Crippen molar-refractivity contribution in [1.29, 1.82) is 0 Å². The van der Waals surface area contributed by atoms with Gasteiger partial charge in [-0.25, -0.2) is 9.50 Å². The number of allylic oxidation sites excluding steroid dienone is 4. The molecule has 2 heterocycles. The van der Waals surface area contributed by atoms with Gasteiger partial charge < -0.3 is 11.1 Å². The molecule has 4 rings (SSSR count). The number of halogens is 1. The van der Waals surface area contributed by atoms with E-state index in [-0.39, 0.29) is 5.38 Å². The van der Waals surface area contributed by atoms with Gasteiger partial charge >= 0.3 is 0 Å². The van der Waals surface area contributed by atoms with Gasteiger partial charge in [-0.2, -0.15) is 5.10 Å². The Morgan fingerprint density at radius 3 is 2.88 bits per heavy atom. The van der Waals surface area contributed by atoms with Gasteiger partial charge in [0.15, 0.2) is 5.65 Å². The fourth-order valence-corrected chi connectivity index (χ4v) is 3.74. The van der Waals surface area contributed by atoms with Crippen LogP contribution in [0.3, 0.4) is 0 Å². The van der Waals surface area contributed by atoms with Gasteiger partial charge in [0.25, 0.3) is 0 Å². The number of fused-ring (bicyclic) bond motifs is 1. The Labute approximate surface area is 146 Å². The maximum absolute atomic E-state index is 6.25. The van der Waals surface area contributed by atoms with Gasteiger partial charge in [0.1, 0.15) is 5.82 Å². The lowest BCUT2D eigenvalue weighted by Crippen LogP contribution is -2.33. The quantitative estimate of drug-likeness (QED) is 0.838. The second kappa shape index (κ2) is 6.57. The number of rotatable bonds is 3. The van der Waals surface area contributed by atoms with Gasteiger partial charge in [-0.15, -0.1) is 11.6 Å². The molecule has 0 aliphatic heterocycles. The lowest BCUT2D eigenvalue weighted by molar-refractivity contribution is 0.410.